The molecule has 25 heavy (non-hydrogen) atoms. The Kier molecular flexibility index (Phi) is 4.37. The second-order valence-corrected chi connectivity index (χ2v) is 6.99. The smallest absolute Gasteiger partial charge is 0.268 e. The fourth-order valence-corrected chi connectivity index (χ4v) is 3.93. The fraction of sp³-hybridized carbons (Fsp3) is 0.353. The molecule has 1 fully saturated rings. The minimum absolute atomic E-state index is 0.0205. The molecule has 4 heterocycles. The molecule has 0 saturated carbocycles. The lowest BCUT2D eigenvalue weighted by molar-refractivity contribution is -0.125. The first-order valence-corrected chi connectivity index (χ1v) is 9.09. The van der Waals surface area contributed by atoms with Crippen LogP contribution in [0, 0.1) is 0 Å². The molecule has 1 aliphatic rings. The van der Waals surface area contributed by atoms with Crippen molar-refractivity contribution in [2.24, 2.45) is 0 Å². The standard InChI is InChI=1S/C17H18N4O3S/c22-16(18-9-11-3-2-7-24-11)13-4-1-6-21(13)10-14-19-12-5-8-25-15(12)17(23)20-14/h2-3,5,7-8,13H,1,4,6,9-10H2,(H,18,22)(H,19,20,23)/t13-/m1/s1. The number of aromatic nitrogens is 2. The van der Waals surface area contributed by atoms with Crippen molar-refractivity contribution in [1.29, 1.82) is 0 Å². The van der Waals surface area contributed by atoms with Gasteiger partial charge in [-0.15, -0.1) is 11.3 Å². The Bertz CT molecular complexity index is 931. The molecule has 0 aliphatic carbocycles. The Hall–Kier alpha value is -2.45. The molecule has 1 aliphatic heterocycles. The summed E-state index contributed by atoms with van der Waals surface area (Å²) in [6, 6.07) is 5.26. The van der Waals surface area contributed by atoms with Gasteiger partial charge in [0.05, 0.1) is 30.9 Å². The molecule has 0 radical (unpaired) electrons. The van der Waals surface area contributed by atoms with Crippen molar-refractivity contribution in [2.75, 3.05) is 6.54 Å². The molecule has 3 aromatic rings. The van der Waals surface area contributed by atoms with Gasteiger partial charge in [-0.25, -0.2) is 4.98 Å². The third-order valence-corrected chi connectivity index (χ3v) is 5.30. The topological polar surface area (TPSA) is 91.2 Å². The SMILES string of the molecule is O=C(NCc1ccco1)[C@H]1CCCN1Cc1nc2ccsc2c(=O)[nH]1. The van der Waals surface area contributed by atoms with E-state index in [2.05, 4.69) is 20.2 Å². The first kappa shape index (κ1) is 16.0. The predicted molar refractivity (Wildman–Crippen MR) is 94.2 cm³/mol. The molecular weight excluding hydrogens is 340 g/mol. The second-order valence-electron chi connectivity index (χ2n) is 6.07. The number of thiophene rings is 1. The number of hydrogen-bond acceptors (Lipinski definition) is 6. The number of rotatable bonds is 5. The number of hydrogen-bond donors (Lipinski definition) is 2. The van der Waals surface area contributed by atoms with E-state index in [1.54, 1.807) is 12.3 Å². The van der Waals surface area contributed by atoms with E-state index in [-0.39, 0.29) is 17.5 Å². The summed E-state index contributed by atoms with van der Waals surface area (Å²) in [4.78, 5) is 34.0. The van der Waals surface area contributed by atoms with E-state index in [1.165, 1.54) is 11.3 Å². The van der Waals surface area contributed by atoms with Crippen molar-refractivity contribution in [3.8, 4) is 0 Å². The zero-order chi connectivity index (χ0) is 17.2. The van der Waals surface area contributed by atoms with Crippen LogP contribution < -0.4 is 10.9 Å². The van der Waals surface area contributed by atoms with E-state index in [0.29, 0.717) is 29.1 Å². The Morgan fingerprint density at radius 2 is 2.40 bits per heavy atom. The van der Waals surface area contributed by atoms with Crippen LogP contribution in [-0.4, -0.2) is 33.4 Å². The van der Waals surface area contributed by atoms with E-state index in [0.717, 1.165) is 25.1 Å². The number of aromatic amines is 1. The fourth-order valence-electron chi connectivity index (χ4n) is 3.21. The van der Waals surface area contributed by atoms with Gasteiger partial charge in [-0.05, 0) is 43.0 Å². The van der Waals surface area contributed by atoms with Crippen LogP contribution in [0.5, 0.6) is 0 Å². The van der Waals surface area contributed by atoms with E-state index in [4.69, 9.17) is 4.42 Å². The largest absolute Gasteiger partial charge is 0.467 e. The summed E-state index contributed by atoms with van der Waals surface area (Å²) in [5.74, 6) is 1.31. The highest BCUT2D eigenvalue weighted by atomic mass is 32.1. The molecule has 130 valence electrons. The van der Waals surface area contributed by atoms with Crippen molar-refractivity contribution in [2.45, 2.75) is 32.0 Å². The molecule has 0 aromatic carbocycles. The first-order chi connectivity index (χ1) is 12.2. The van der Waals surface area contributed by atoms with Crippen molar-refractivity contribution < 1.29 is 9.21 Å². The lowest BCUT2D eigenvalue weighted by atomic mass is 10.2. The highest BCUT2D eigenvalue weighted by molar-refractivity contribution is 7.17. The summed E-state index contributed by atoms with van der Waals surface area (Å²) >= 11 is 1.38. The van der Waals surface area contributed by atoms with Crippen LogP contribution in [0.25, 0.3) is 10.2 Å². The maximum atomic E-state index is 12.5. The van der Waals surface area contributed by atoms with Crippen LogP contribution in [0.15, 0.2) is 39.1 Å². The van der Waals surface area contributed by atoms with Crippen molar-refractivity contribution in [3.05, 3.63) is 51.8 Å². The van der Waals surface area contributed by atoms with Gasteiger partial charge < -0.3 is 14.7 Å². The summed E-state index contributed by atoms with van der Waals surface area (Å²) in [7, 11) is 0. The molecule has 1 amide bonds. The van der Waals surface area contributed by atoms with Gasteiger partial charge in [0.15, 0.2) is 0 Å². The number of carbonyl (C=O) groups excluding carboxylic acids is 1. The lowest BCUT2D eigenvalue weighted by Gasteiger charge is -2.22. The minimum Gasteiger partial charge on any atom is -0.467 e. The van der Waals surface area contributed by atoms with Crippen molar-refractivity contribution >= 4 is 27.5 Å². The van der Waals surface area contributed by atoms with Crippen LogP contribution in [0.2, 0.25) is 0 Å². The Labute approximate surface area is 147 Å². The zero-order valence-electron chi connectivity index (χ0n) is 13.5. The monoisotopic (exact) mass is 358 g/mol. The van der Waals surface area contributed by atoms with Crippen LogP contribution >= 0.6 is 11.3 Å². The first-order valence-electron chi connectivity index (χ1n) is 8.21. The summed E-state index contributed by atoms with van der Waals surface area (Å²) in [5, 5.41) is 4.77. The van der Waals surface area contributed by atoms with E-state index < -0.39 is 0 Å². The maximum Gasteiger partial charge on any atom is 0.268 e. The lowest BCUT2D eigenvalue weighted by Crippen LogP contribution is -2.43. The number of likely N-dealkylation sites (tertiary alicyclic amines) is 1. The molecule has 3 aromatic heterocycles. The van der Waals surface area contributed by atoms with Crippen molar-refractivity contribution in [1.82, 2.24) is 20.2 Å². The molecule has 0 unspecified atom stereocenters. The number of nitrogens with one attached hydrogen (secondary N) is 2. The van der Waals surface area contributed by atoms with Gasteiger partial charge >= 0.3 is 0 Å². The van der Waals surface area contributed by atoms with E-state index in [9.17, 15) is 9.59 Å². The predicted octanol–water partition coefficient (Wildman–Crippen LogP) is 1.86. The zero-order valence-corrected chi connectivity index (χ0v) is 14.3. The quantitative estimate of drug-likeness (QED) is 0.726. The molecule has 0 bridgehead atoms. The highest BCUT2D eigenvalue weighted by Crippen LogP contribution is 2.20. The van der Waals surface area contributed by atoms with Gasteiger partial charge in [0.1, 0.15) is 16.3 Å². The molecule has 0 spiro atoms. The molecular formula is C17H18N4O3S. The maximum absolute atomic E-state index is 12.5. The van der Waals surface area contributed by atoms with Crippen LogP contribution in [0.4, 0.5) is 0 Å². The van der Waals surface area contributed by atoms with Gasteiger partial charge in [-0.3, -0.25) is 14.5 Å². The van der Waals surface area contributed by atoms with Gasteiger partial charge in [-0.2, -0.15) is 0 Å². The van der Waals surface area contributed by atoms with Gasteiger partial charge in [0.2, 0.25) is 5.91 Å². The summed E-state index contributed by atoms with van der Waals surface area (Å²) in [5.41, 5.74) is 0.592. The molecule has 1 saturated heterocycles. The average Bonchev–Trinajstić information content (AvgIpc) is 3.34. The number of fused-ring (bicyclic) bond motifs is 1. The minimum atomic E-state index is -0.210. The number of furan rings is 1. The molecule has 4 rings (SSSR count). The second kappa shape index (κ2) is 6.81. The van der Waals surface area contributed by atoms with Gasteiger partial charge in [-0.1, -0.05) is 0 Å². The van der Waals surface area contributed by atoms with Crippen LogP contribution in [0.1, 0.15) is 24.4 Å². The summed E-state index contributed by atoms with van der Waals surface area (Å²) in [6.45, 7) is 1.65. The molecule has 8 heteroatoms. The molecule has 7 nitrogen and oxygen atoms in total. The van der Waals surface area contributed by atoms with Gasteiger partial charge in [0, 0.05) is 0 Å². The third kappa shape index (κ3) is 3.35. The van der Waals surface area contributed by atoms with Crippen molar-refractivity contribution in [3.63, 3.8) is 0 Å². The Balaban J connectivity index is 1.45. The third-order valence-electron chi connectivity index (χ3n) is 4.40. The Morgan fingerprint density at radius 1 is 1.48 bits per heavy atom. The molecule has 2 N–H and O–H groups in total. The number of amides is 1. The normalized spacial score (nSPS) is 18.0. The number of carbonyl (C=O) groups is 1. The highest BCUT2D eigenvalue weighted by Gasteiger charge is 2.31. The van der Waals surface area contributed by atoms with E-state index >= 15 is 0 Å². The van der Waals surface area contributed by atoms with Gasteiger partial charge in [0.25, 0.3) is 5.56 Å². The molecule has 1 atom stereocenters. The number of nitrogens with zero attached hydrogens (tertiary/aromatic N) is 2. The van der Waals surface area contributed by atoms with E-state index in [1.807, 2.05) is 17.5 Å². The van der Waals surface area contributed by atoms with Crippen LogP contribution in [-0.2, 0) is 17.9 Å². The average molecular weight is 358 g/mol. The number of H-pyrrole nitrogens is 1. The Morgan fingerprint density at radius 3 is 3.24 bits per heavy atom. The summed E-state index contributed by atoms with van der Waals surface area (Å²) in [6.07, 6.45) is 3.34. The van der Waals surface area contributed by atoms with Crippen LogP contribution in [0.3, 0.4) is 0 Å². The summed E-state index contributed by atoms with van der Waals surface area (Å²) < 4.78 is 5.88.